The molecule has 1 aromatic rings. The highest BCUT2D eigenvalue weighted by atomic mass is 16.6. The van der Waals surface area contributed by atoms with E-state index in [1.54, 1.807) is 0 Å². The van der Waals surface area contributed by atoms with Crippen LogP contribution in [0.5, 0.6) is 0 Å². The molecule has 8 heteroatoms. The monoisotopic (exact) mass is 322 g/mol. The van der Waals surface area contributed by atoms with E-state index in [2.05, 4.69) is 4.90 Å². The number of aromatic carboxylic acids is 1. The van der Waals surface area contributed by atoms with Crippen LogP contribution in [0.2, 0.25) is 0 Å². The van der Waals surface area contributed by atoms with Crippen molar-refractivity contribution in [3.05, 3.63) is 39.4 Å². The van der Waals surface area contributed by atoms with Crippen LogP contribution in [0.1, 0.15) is 40.0 Å². The van der Waals surface area contributed by atoms with Crippen molar-refractivity contribution in [3.8, 4) is 0 Å². The van der Waals surface area contributed by atoms with Gasteiger partial charge in [0.1, 0.15) is 6.61 Å². The third-order valence-electron chi connectivity index (χ3n) is 3.75. The van der Waals surface area contributed by atoms with Crippen LogP contribution in [0.4, 0.5) is 5.69 Å². The first-order chi connectivity index (χ1) is 11.0. The smallest absolute Gasteiger partial charge is 0.339 e. The number of nitro groups is 1. The second-order valence-electron chi connectivity index (χ2n) is 5.33. The zero-order valence-electron chi connectivity index (χ0n) is 12.6. The minimum Gasteiger partial charge on any atom is -0.478 e. The van der Waals surface area contributed by atoms with Gasteiger partial charge in [-0.05, 0) is 32.0 Å². The lowest BCUT2D eigenvalue weighted by atomic mass is 10.1. The third kappa shape index (κ3) is 4.49. The molecule has 2 rings (SSSR count). The van der Waals surface area contributed by atoms with Gasteiger partial charge >= 0.3 is 11.9 Å². The largest absolute Gasteiger partial charge is 0.478 e. The summed E-state index contributed by atoms with van der Waals surface area (Å²) in [4.78, 5) is 35.4. The number of hydrogen-bond acceptors (Lipinski definition) is 6. The van der Waals surface area contributed by atoms with Gasteiger partial charge in [0.15, 0.2) is 0 Å². The molecule has 1 aliphatic heterocycles. The lowest BCUT2D eigenvalue weighted by Gasteiger charge is -2.25. The molecule has 23 heavy (non-hydrogen) atoms. The number of nitrogens with zero attached hydrogens (tertiary/aromatic N) is 2. The van der Waals surface area contributed by atoms with Gasteiger partial charge in [0.2, 0.25) is 0 Å². The van der Waals surface area contributed by atoms with Gasteiger partial charge in [0.05, 0.1) is 16.1 Å². The van der Waals surface area contributed by atoms with Crippen LogP contribution in [0, 0.1) is 10.1 Å². The van der Waals surface area contributed by atoms with E-state index >= 15 is 0 Å². The highest BCUT2D eigenvalue weighted by Gasteiger charge is 2.21. The molecule has 8 nitrogen and oxygen atoms in total. The number of esters is 1. The van der Waals surface area contributed by atoms with Crippen LogP contribution in [0.15, 0.2) is 18.2 Å². The van der Waals surface area contributed by atoms with E-state index < -0.39 is 22.4 Å². The molecule has 0 bridgehead atoms. The first kappa shape index (κ1) is 16.9. The predicted octanol–water partition coefficient (Wildman–Crippen LogP) is 1.94. The average molecular weight is 322 g/mol. The van der Waals surface area contributed by atoms with E-state index in [9.17, 15) is 19.7 Å². The van der Waals surface area contributed by atoms with E-state index in [0.717, 1.165) is 44.1 Å². The molecule has 0 aromatic heterocycles. The Kier molecular flexibility index (Phi) is 5.64. The zero-order chi connectivity index (χ0) is 16.8. The lowest BCUT2D eigenvalue weighted by molar-refractivity contribution is -0.384. The number of rotatable bonds is 6. The second-order valence-corrected chi connectivity index (χ2v) is 5.33. The second kappa shape index (κ2) is 7.68. The average Bonchev–Trinajstić information content (AvgIpc) is 2.55. The molecule has 1 heterocycles. The number of ether oxygens (including phenoxy) is 1. The fourth-order valence-corrected chi connectivity index (χ4v) is 2.53. The number of carboxylic acid groups (broad SMARTS) is 1. The Morgan fingerprint density at radius 2 is 1.91 bits per heavy atom. The number of carboxylic acids is 1. The first-order valence-electron chi connectivity index (χ1n) is 7.40. The number of carbonyl (C=O) groups excluding carboxylic acids is 1. The molecule has 0 atom stereocenters. The molecule has 1 saturated heterocycles. The van der Waals surface area contributed by atoms with Gasteiger partial charge in [-0.1, -0.05) is 6.42 Å². The van der Waals surface area contributed by atoms with E-state index in [4.69, 9.17) is 9.84 Å². The Balaban J connectivity index is 2.00. The zero-order valence-corrected chi connectivity index (χ0v) is 12.6. The normalized spacial score (nSPS) is 15.1. The summed E-state index contributed by atoms with van der Waals surface area (Å²) in [5, 5.41) is 19.8. The summed E-state index contributed by atoms with van der Waals surface area (Å²) in [6.45, 7) is 2.70. The van der Waals surface area contributed by atoms with Crippen LogP contribution < -0.4 is 0 Å². The number of benzene rings is 1. The minimum atomic E-state index is -1.41. The summed E-state index contributed by atoms with van der Waals surface area (Å²) >= 11 is 0. The van der Waals surface area contributed by atoms with Crippen molar-refractivity contribution in [2.24, 2.45) is 0 Å². The topological polar surface area (TPSA) is 110 Å². The standard InChI is InChI=1S/C15H18N2O6/c18-14(19)13-10-11(17(21)22)4-5-12(13)15(20)23-9-8-16-6-2-1-3-7-16/h4-5,10H,1-3,6-9H2,(H,18,19). The van der Waals surface area contributed by atoms with Crippen LogP contribution in [-0.4, -0.2) is 53.1 Å². The maximum Gasteiger partial charge on any atom is 0.339 e. The maximum atomic E-state index is 12.0. The summed E-state index contributed by atoms with van der Waals surface area (Å²) in [6.07, 6.45) is 3.46. The van der Waals surface area contributed by atoms with E-state index in [1.165, 1.54) is 6.42 Å². The first-order valence-corrected chi connectivity index (χ1v) is 7.40. The number of nitro benzene ring substituents is 1. The molecule has 1 aromatic carbocycles. The third-order valence-corrected chi connectivity index (χ3v) is 3.75. The van der Waals surface area contributed by atoms with Gasteiger partial charge in [-0.2, -0.15) is 0 Å². The molecule has 1 N–H and O–H groups in total. The highest BCUT2D eigenvalue weighted by Crippen LogP contribution is 2.19. The summed E-state index contributed by atoms with van der Waals surface area (Å²) in [7, 11) is 0. The molecular weight excluding hydrogens is 304 g/mol. The number of carbonyl (C=O) groups is 2. The molecule has 1 aliphatic rings. The van der Waals surface area contributed by atoms with Gasteiger partial charge in [0.25, 0.3) is 5.69 Å². The molecule has 0 amide bonds. The van der Waals surface area contributed by atoms with E-state index in [-0.39, 0.29) is 17.9 Å². The quantitative estimate of drug-likeness (QED) is 0.484. The van der Waals surface area contributed by atoms with E-state index in [1.807, 2.05) is 0 Å². The fourth-order valence-electron chi connectivity index (χ4n) is 2.53. The Morgan fingerprint density at radius 3 is 2.52 bits per heavy atom. The van der Waals surface area contributed by atoms with Gasteiger partial charge in [0, 0.05) is 18.7 Å². The van der Waals surface area contributed by atoms with Crippen molar-refractivity contribution >= 4 is 17.6 Å². The van der Waals surface area contributed by atoms with Crippen molar-refractivity contribution in [2.75, 3.05) is 26.2 Å². The fraction of sp³-hybridized carbons (Fsp3) is 0.467. The van der Waals surface area contributed by atoms with Gasteiger partial charge in [-0.25, -0.2) is 9.59 Å². The Labute approximate surface area is 132 Å². The summed E-state index contributed by atoms with van der Waals surface area (Å²) < 4.78 is 5.11. The molecule has 0 spiro atoms. The SMILES string of the molecule is O=C(O)c1cc([N+](=O)[O-])ccc1C(=O)OCCN1CCCCC1. The molecule has 0 saturated carbocycles. The number of non-ortho nitro benzene ring substituents is 1. The Hall–Kier alpha value is -2.48. The van der Waals surface area contributed by atoms with Crippen molar-refractivity contribution < 1.29 is 24.4 Å². The number of hydrogen-bond donors (Lipinski definition) is 1. The molecule has 124 valence electrons. The van der Waals surface area contributed by atoms with Crippen molar-refractivity contribution in [1.82, 2.24) is 4.90 Å². The Morgan fingerprint density at radius 1 is 1.22 bits per heavy atom. The summed E-state index contributed by atoms with van der Waals surface area (Å²) in [5.41, 5.74) is -0.990. The van der Waals surface area contributed by atoms with Gasteiger partial charge in [-0.15, -0.1) is 0 Å². The summed E-state index contributed by atoms with van der Waals surface area (Å²) in [5.74, 6) is -2.19. The van der Waals surface area contributed by atoms with E-state index in [0.29, 0.717) is 6.54 Å². The minimum absolute atomic E-state index is 0.162. The maximum absolute atomic E-state index is 12.0. The van der Waals surface area contributed by atoms with Gasteiger partial charge < -0.3 is 9.84 Å². The van der Waals surface area contributed by atoms with Gasteiger partial charge in [-0.3, -0.25) is 15.0 Å². The summed E-state index contributed by atoms with van der Waals surface area (Å²) in [6, 6.07) is 3.07. The lowest BCUT2D eigenvalue weighted by Crippen LogP contribution is -2.33. The van der Waals surface area contributed by atoms with Crippen LogP contribution in [0.3, 0.4) is 0 Å². The van der Waals surface area contributed by atoms with Crippen molar-refractivity contribution in [1.29, 1.82) is 0 Å². The molecular formula is C15H18N2O6. The predicted molar refractivity (Wildman–Crippen MR) is 80.6 cm³/mol. The highest BCUT2D eigenvalue weighted by molar-refractivity contribution is 6.02. The molecule has 1 fully saturated rings. The Bertz CT molecular complexity index is 610. The molecule has 0 aliphatic carbocycles. The van der Waals surface area contributed by atoms with Crippen LogP contribution in [0.25, 0.3) is 0 Å². The van der Waals surface area contributed by atoms with Crippen LogP contribution in [-0.2, 0) is 4.74 Å². The van der Waals surface area contributed by atoms with Crippen molar-refractivity contribution in [3.63, 3.8) is 0 Å². The number of piperidine rings is 1. The molecule has 0 radical (unpaired) electrons. The molecule has 0 unspecified atom stereocenters. The van der Waals surface area contributed by atoms with Crippen LogP contribution >= 0.6 is 0 Å². The van der Waals surface area contributed by atoms with Crippen molar-refractivity contribution in [2.45, 2.75) is 19.3 Å². The number of likely N-dealkylation sites (tertiary alicyclic amines) is 1.